The average molecular weight is 406 g/mol. The van der Waals surface area contributed by atoms with Gasteiger partial charge in [-0.25, -0.2) is 9.97 Å². The van der Waals surface area contributed by atoms with Gasteiger partial charge in [-0.3, -0.25) is 19.4 Å². The Bertz CT molecular complexity index is 680. The number of piperazine rings is 1. The summed E-state index contributed by atoms with van der Waals surface area (Å²) in [5.41, 5.74) is 0. The fourth-order valence-electron chi connectivity index (χ4n) is 4.32. The SMILES string of the molecule is Cl.O=C1C2CC=CCC2C(=O)N1CCCCN1CCN(c2ncccn2)CC1. The maximum absolute atomic E-state index is 12.5. The van der Waals surface area contributed by atoms with Gasteiger partial charge in [-0.15, -0.1) is 12.4 Å². The molecule has 7 nitrogen and oxygen atoms in total. The number of carbonyl (C=O) groups is 2. The van der Waals surface area contributed by atoms with Crippen LogP contribution in [0.25, 0.3) is 0 Å². The van der Waals surface area contributed by atoms with Crippen molar-refractivity contribution >= 4 is 30.2 Å². The van der Waals surface area contributed by atoms with Crippen molar-refractivity contribution in [3.05, 3.63) is 30.6 Å². The molecule has 3 aliphatic rings. The summed E-state index contributed by atoms with van der Waals surface area (Å²) in [6.45, 7) is 5.44. The van der Waals surface area contributed by atoms with Crippen molar-refractivity contribution in [2.24, 2.45) is 11.8 Å². The smallest absolute Gasteiger partial charge is 0.233 e. The predicted molar refractivity (Wildman–Crippen MR) is 109 cm³/mol. The molecule has 2 atom stereocenters. The molecule has 2 fully saturated rings. The van der Waals surface area contributed by atoms with Gasteiger partial charge in [-0.2, -0.15) is 0 Å². The fraction of sp³-hybridized carbons (Fsp3) is 0.600. The van der Waals surface area contributed by atoms with E-state index in [-0.39, 0.29) is 36.1 Å². The van der Waals surface area contributed by atoms with Crippen molar-refractivity contribution in [3.63, 3.8) is 0 Å². The number of aromatic nitrogens is 2. The Kier molecular flexibility index (Phi) is 7.02. The quantitative estimate of drug-likeness (QED) is 0.408. The maximum Gasteiger partial charge on any atom is 0.233 e. The van der Waals surface area contributed by atoms with Gasteiger partial charge < -0.3 is 4.90 Å². The number of unbranched alkanes of at least 4 members (excludes halogenated alkanes) is 1. The Hall–Kier alpha value is -1.99. The first-order valence-corrected chi connectivity index (χ1v) is 9.98. The van der Waals surface area contributed by atoms with Crippen LogP contribution in [0.4, 0.5) is 5.95 Å². The van der Waals surface area contributed by atoms with Crippen LogP contribution < -0.4 is 4.90 Å². The Morgan fingerprint density at radius 3 is 2.04 bits per heavy atom. The van der Waals surface area contributed by atoms with Gasteiger partial charge in [0.25, 0.3) is 0 Å². The molecular formula is C20H28ClN5O2. The van der Waals surface area contributed by atoms with Crippen molar-refractivity contribution in [3.8, 4) is 0 Å². The fourth-order valence-corrected chi connectivity index (χ4v) is 4.32. The zero-order valence-electron chi connectivity index (χ0n) is 16.1. The summed E-state index contributed by atoms with van der Waals surface area (Å²) in [5.74, 6) is 0.697. The Morgan fingerprint density at radius 2 is 1.43 bits per heavy atom. The van der Waals surface area contributed by atoms with Crippen molar-refractivity contribution in [2.45, 2.75) is 25.7 Å². The van der Waals surface area contributed by atoms with Crippen LogP contribution >= 0.6 is 12.4 Å². The summed E-state index contributed by atoms with van der Waals surface area (Å²) in [6.07, 6.45) is 11.0. The van der Waals surface area contributed by atoms with Crippen LogP contribution in [-0.4, -0.2) is 70.9 Å². The van der Waals surface area contributed by atoms with Crippen LogP contribution in [0.15, 0.2) is 30.6 Å². The first kappa shape index (κ1) is 20.7. The minimum absolute atomic E-state index is 0. The molecule has 1 aromatic heterocycles. The number of anilines is 1. The van der Waals surface area contributed by atoms with Crippen molar-refractivity contribution in [1.29, 1.82) is 0 Å². The minimum atomic E-state index is -0.101. The molecule has 0 saturated carbocycles. The third-order valence-corrected chi connectivity index (χ3v) is 5.91. The van der Waals surface area contributed by atoms with E-state index < -0.39 is 0 Å². The third-order valence-electron chi connectivity index (χ3n) is 5.91. The molecule has 2 amide bonds. The number of rotatable bonds is 6. The van der Waals surface area contributed by atoms with Crippen molar-refractivity contribution in [1.82, 2.24) is 19.8 Å². The highest BCUT2D eigenvalue weighted by molar-refractivity contribution is 6.05. The van der Waals surface area contributed by atoms with E-state index in [2.05, 4.69) is 19.8 Å². The highest BCUT2D eigenvalue weighted by Crippen LogP contribution is 2.35. The number of nitrogens with zero attached hydrogens (tertiary/aromatic N) is 5. The number of imide groups is 1. The van der Waals surface area contributed by atoms with Crippen LogP contribution in [-0.2, 0) is 9.59 Å². The lowest BCUT2D eigenvalue weighted by molar-refractivity contribution is -0.139. The van der Waals surface area contributed by atoms with E-state index in [0.717, 1.165) is 64.4 Å². The van der Waals surface area contributed by atoms with Gasteiger partial charge in [0.15, 0.2) is 0 Å². The number of hydrogen-bond donors (Lipinski definition) is 0. The molecule has 0 spiro atoms. The molecule has 0 aromatic carbocycles. The normalized spacial score (nSPS) is 25.0. The van der Waals surface area contributed by atoms with Crippen LogP contribution in [0.1, 0.15) is 25.7 Å². The van der Waals surface area contributed by atoms with Gasteiger partial charge in [0.1, 0.15) is 0 Å². The van der Waals surface area contributed by atoms with E-state index in [9.17, 15) is 9.59 Å². The lowest BCUT2D eigenvalue weighted by atomic mass is 9.85. The number of fused-ring (bicyclic) bond motifs is 1. The molecule has 0 bridgehead atoms. The van der Waals surface area contributed by atoms with Gasteiger partial charge in [0, 0.05) is 45.1 Å². The van der Waals surface area contributed by atoms with Gasteiger partial charge in [0.2, 0.25) is 17.8 Å². The Balaban J connectivity index is 0.00000225. The summed E-state index contributed by atoms with van der Waals surface area (Å²) >= 11 is 0. The number of allylic oxidation sites excluding steroid dienone is 2. The third kappa shape index (κ3) is 4.36. The standard InChI is InChI=1S/C20H27N5O2.ClH/c26-18-16-6-1-2-7-17(16)19(27)25(18)11-4-3-10-23-12-14-24(15-13-23)20-21-8-5-9-22-20;/h1-2,5,8-9,16-17H,3-4,6-7,10-15H2;1H. The molecular weight excluding hydrogens is 378 g/mol. The Labute approximate surface area is 172 Å². The van der Waals surface area contributed by atoms with E-state index in [1.165, 1.54) is 4.90 Å². The van der Waals surface area contributed by atoms with Crippen molar-refractivity contribution < 1.29 is 9.59 Å². The van der Waals surface area contributed by atoms with Crippen molar-refractivity contribution in [2.75, 3.05) is 44.2 Å². The largest absolute Gasteiger partial charge is 0.338 e. The molecule has 2 unspecified atom stereocenters. The summed E-state index contributed by atoms with van der Waals surface area (Å²) in [4.78, 5) is 39.7. The molecule has 8 heteroatoms. The number of hydrogen-bond acceptors (Lipinski definition) is 6. The first-order valence-electron chi connectivity index (χ1n) is 9.98. The Morgan fingerprint density at radius 1 is 0.857 bits per heavy atom. The zero-order valence-corrected chi connectivity index (χ0v) is 16.9. The molecule has 1 aliphatic carbocycles. The number of carbonyl (C=O) groups excluding carboxylic acids is 2. The molecule has 2 aliphatic heterocycles. The number of halogens is 1. The topological polar surface area (TPSA) is 69.6 Å². The average Bonchev–Trinajstić information content (AvgIpc) is 2.97. The van der Waals surface area contributed by atoms with Crippen LogP contribution in [0, 0.1) is 11.8 Å². The number of amides is 2. The molecule has 3 heterocycles. The second-order valence-corrected chi connectivity index (χ2v) is 7.57. The van der Waals surface area contributed by atoms with E-state index in [4.69, 9.17) is 0 Å². The lowest BCUT2D eigenvalue weighted by Gasteiger charge is -2.34. The molecule has 0 N–H and O–H groups in total. The molecule has 152 valence electrons. The van der Waals surface area contributed by atoms with E-state index in [1.54, 1.807) is 12.4 Å². The van der Waals surface area contributed by atoms with Gasteiger partial charge in [-0.1, -0.05) is 12.2 Å². The van der Waals surface area contributed by atoms with E-state index in [0.29, 0.717) is 6.54 Å². The second-order valence-electron chi connectivity index (χ2n) is 7.57. The molecule has 1 aromatic rings. The first-order chi connectivity index (χ1) is 13.2. The maximum atomic E-state index is 12.5. The molecule has 28 heavy (non-hydrogen) atoms. The summed E-state index contributed by atoms with van der Waals surface area (Å²) in [6, 6.07) is 1.83. The summed E-state index contributed by atoms with van der Waals surface area (Å²) in [5, 5.41) is 0. The van der Waals surface area contributed by atoms with Crippen LogP contribution in [0.3, 0.4) is 0 Å². The van der Waals surface area contributed by atoms with Gasteiger partial charge in [0.05, 0.1) is 11.8 Å². The number of likely N-dealkylation sites (tertiary alicyclic amines) is 1. The summed E-state index contributed by atoms with van der Waals surface area (Å²) < 4.78 is 0. The molecule has 0 radical (unpaired) electrons. The highest BCUT2D eigenvalue weighted by atomic mass is 35.5. The van der Waals surface area contributed by atoms with Gasteiger partial charge >= 0.3 is 0 Å². The minimum Gasteiger partial charge on any atom is -0.338 e. The highest BCUT2D eigenvalue weighted by Gasteiger charge is 2.46. The van der Waals surface area contributed by atoms with E-state index in [1.807, 2.05) is 18.2 Å². The predicted octanol–water partition coefficient (Wildman–Crippen LogP) is 1.75. The van der Waals surface area contributed by atoms with Gasteiger partial charge in [-0.05, 0) is 38.3 Å². The van der Waals surface area contributed by atoms with E-state index >= 15 is 0 Å². The summed E-state index contributed by atoms with van der Waals surface area (Å²) in [7, 11) is 0. The molecule has 2 saturated heterocycles. The van der Waals surface area contributed by atoms with Crippen LogP contribution in [0.5, 0.6) is 0 Å². The van der Waals surface area contributed by atoms with Crippen LogP contribution in [0.2, 0.25) is 0 Å². The zero-order chi connectivity index (χ0) is 18.6. The lowest BCUT2D eigenvalue weighted by Crippen LogP contribution is -2.47. The molecule has 4 rings (SSSR count). The second kappa shape index (κ2) is 9.47. The monoisotopic (exact) mass is 405 g/mol.